The third-order valence-corrected chi connectivity index (χ3v) is 4.26. The topological polar surface area (TPSA) is 64.1 Å². The van der Waals surface area contributed by atoms with Gasteiger partial charge in [-0.2, -0.15) is 0 Å². The van der Waals surface area contributed by atoms with Gasteiger partial charge in [-0.15, -0.1) is 24.0 Å². The highest BCUT2D eigenvalue weighted by Crippen LogP contribution is 2.29. The largest absolute Gasteiger partial charge is 0.497 e. The molecule has 0 aliphatic rings. The SMILES string of the molecule is C=CCOc1ccccc1CNC(=NC)NC(C)c1cc(OC)ccc1OC.I. The Morgan fingerprint density at radius 1 is 1.14 bits per heavy atom. The maximum atomic E-state index is 5.71. The van der Waals surface area contributed by atoms with Crippen molar-refractivity contribution in [3.63, 3.8) is 0 Å². The lowest BCUT2D eigenvalue weighted by Crippen LogP contribution is -2.38. The molecule has 0 saturated carbocycles. The van der Waals surface area contributed by atoms with Crippen LogP contribution in [0.5, 0.6) is 17.2 Å². The van der Waals surface area contributed by atoms with Gasteiger partial charge in [0.2, 0.25) is 0 Å². The quantitative estimate of drug-likeness (QED) is 0.227. The number of methoxy groups -OCH3 is 2. The van der Waals surface area contributed by atoms with Crippen molar-refractivity contribution in [1.29, 1.82) is 0 Å². The Morgan fingerprint density at radius 2 is 1.90 bits per heavy atom. The van der Waals surface area contributed by atoms with Gasteiger partial charge in [0.15, 0.2) is 5.96 Å². The molecule has 0 aliphatic carbocycles. The Hall–Kier alpha value is -2.42. The standard InChI is InChI=1S/C22H29N3O3.HI/c1-6-13-28-20-10-8-7-9-17(20)15-24-22(23-3)25-16(2)19-14-18(26-4)11-12-21(19)27-5;/h6-12,14,16H,1,13,15H2,2-5H3,(H2,23,24,25);1H. The van der Waals surface area contributed by atoms with Gasteiger partial charge in [0.05, 0.1) is 20.3 Å². The first kappa shape index (κ1) is 24.6. The van der Waals surface area contributed by atoms with E-state index in [4.69, 9.17) is 14.2 Å². The van der Waals surface area contributed by atoms with E-state index < -0.39 is 0 Å². The van der Waals surface area contributed by atoms with Crippen molar-refractivity contribution in [2.24, 2.45) is 4.99 Å². The Labute approximate surface area is 190 Å². The van der Waals surface area contributed by atoms with E-state index in [1.54, 1.807) is 27.3 Å². The molecule has 0 saturated heterocycles. The molecule has 0 heterocycles. The van der Waals surface area contributed by atoms with E-state index in [1.165, 1.54) is 0 Å². The van der Waals surface area contributed by atoms with E-state index in [-0.39, 0.29) is 30.0 Å². The van der Waals surface area contributed by atoms with Crippen LogP contribution < -0.4 is 24.8 Å². The van der Waals surface area contributed by atoms with Crippen LogP contribution in [0.25, 0.3) is 0 Å². The summed E-state index contributed by atoms with van der Waals surface area (Å²) in [5.41, 5.74) is 2.03. The molecule has 0 radical (unpaired) electrons. The molecule has 0 bridgehead atoms. The summed E-state index contributed by atoms with van der Waals surface area (Å²) in [6, 6.07) is 13.6. The lowest BCUT2D eigenvalue weighted by atomic mass is 10.1. The van der Waals surface area contributed by atoms with E-state index >= 15 is 0 Å². The minimum atomic E-state index is -0.0384. The first-order valence-corrected chi connectivity index (χ1v) is 9.13. The van der Waals surface area contributed by atoms with Crippen LogP contribution in [0.4, 0.5) is 0 Å². The molecule has 0 aromatic heterocycles. The molecule has 0 spiro atoms. The number of guanidine groups is 1. The fourth-order valence-corrected chi connectivity index (χ4v) is 2.77. The summed E-state index contributed by atoms with van der Waals surface area (Å²) in [6.07, 6.45) is 1.73. The van der Waals surface area contributed by atoms with Gasteiger partial charge in [-0.1, -0.05) is 30.9 Å². The second kappa shape index (κ2) is 12.9. The van der Waals surface area contributed by atoms with E-state index in [1.807, 2.05) is 49.4 Å². The summed E-state index contributed by atoms with van der Waals surface area (Å²) in [5, 5.41) is 6.72. The number of nitrogens with one attached hydrogen (secondary N) is 2. The number of para-hydroxylation sites is 1. The highest BCUT2D eigenvalue weighted by molar-refractivity contribution is 14.0. The third-order valence-electron chi connectivity index (χ3n) is 4.26. The van der Waals surface area contributed by atoms with Crippen LogP contribution in [0.3, 0.4) is 0 Å². The molecule has 0 fully saturated rings. The average molecular weight is 511 g/mol. The molecule has 7 heteroatoms. The molecule has 1 atom stereocenters. The van der Waals surface area contributed by atoms with E-state index in [9.17, 15) is 0 Å². The normalized spacial score (nSPS) is 11.7. The van der Waals surface area contributed by atoms with Gasteiger partial charge in [-0.3, -0.25) is 4.99 Å². The number of benzene rings is 2. The molecule has 2 aromatic carbocycles. The molecular formula is C22H30IN3O3. The smallest absolute Gasteiger partial charge is 0.191 e. The highest BCUT2D eigenvalue weighted by Gasteiger charge is 2.14. The van der Waals surface area contributed by atoms with Gasteiger partial charge in [0.1, 0.15) is 23.9 Å². The highest BCUT2D eigenvalue weighted by atomic mass is 127. The first-order valence-electron chi connectivity index (χ1n) is 9.13. The molecule has 2 N–H and O–H groups in total. The zero-order valence-corrected chi connectivity index (χ0v) is 19.7. The molecule has 6 nitrogen and oxygen atoms in total. The number of nitrogens with zero attached hydrogens (tertiary/aromatic N) is 1. The number of hydrogen-bond donors (Lipinski definition) is 2. The Bertz CT molecular complexity index is 812. The summed E-state index contributed by atoms with van der Waals surface area (Å²) in [6.45, 7) is 6.79. The van der Waals surface area contributed by atoms with Crippen molar-refractivity contribution >= 4 is 29.9 Å². The number of aliphatic imine (C=N–C) groups is 1. The Balaban J connectivity index is 0.00000420. The lowest BCUT2D eigenvalue weighted by Gasteiger charge is -2.21. The van der Waals surface area contributed by atoms with Crippen LogP contribution in [0.2, 0.25) is 0 Å². The van der Waals surface area contributed by atoms with Gasteiger partial charge in [-0.25, -0.2) is 0 Å². The van der Waals surface area contributed by atoms with E-state index in [2.05, 4.69) is 22.2 Å². The molecule has 158 valence electrons. The van der Waals surface area contributed by atoms with Crippen LogP contribution in [0.15, 0.2) is 60.1 Å². The molecule has 0 aliphatic heterocycles. The number of halogens is 1. The minimum absolute atomic E-state index is 0. The van der Waals surface area contributed by atoms with Gasteiger partial charge in [0.25, 0.3) is 0 Å². The Kier molecular flexibility index (Phi) is 11.0. The van der Waals surface area contributed by atoms with Gasteiger partial charge >= 0.3 is 0 Å². The van der Waals surface area contributed by atoms with Gasteiger partial charge < -0.3 is 24.8 Å². The average Bonchev–Trinajstić information content (AvgIpc) is 2.74. The first-order chi connectivity index (χ1) is 13.6. The predicted octanol–water partition coefficient (Wildman–Crippen LogP) is 4.31. The number of rotatable bonds is 9. The number of ether oxygens (including phenoxy) is 3. The van der Waals surface area contributed by atoms with Crippen molar-refractivity contribution in [1.82, 2.24) is 10.6 Å². The summed E-state index contributed by atoms with van der Waals surface area (Å²) >= 11 is 0. The summed E-state index contributed by atoms with van der Waals surface area (Å²) < 4.78 is 16.5. The minimum Gasteiger partial charge on any atom is -0.497 e. The van der Waals surface area contributed by atoms with Crippen LogP contribution in [0, 0.1) is 0 Å². The zero-order chi connectivity index (χ0) is 20.4. The summed E-state index contributed by atoms with van der Waals surface area (Å²) in [5.74, 6) is 3.07. The lowest BCUT2D eigenvalue weighted by molar-refractivity contribution is 0.358. The van der Waals surface area contributed by atoms with Crippen molar-refractivity contribution in [2.75, 3.05) is 27.9 Å². The van der Waals surface area contributed by atoms with Crippen LogP contribution >= 0.6 is 24.0 Å². The second-order valence-corrected chi connectivity index (χ2v) is 6.11. The maximum absolute atomic E-state index is 5.71. The van der Waals surface area contributed by atoms with Crippen molar-refractivity contribution < 1.29 is 14.2 Å². The molecule has 1 unspecified atom stereocenters. The Morgan fingerprint density at radius 3 is 2.55 bits per heavy atom. The van der Waals surface area contributed by atoms with Gasteiger partial charge in [-0.05, 0) is 31.2 Å². The molecule has 29 heavy (non-hydrogen) atoms. The molecule has 2 rings (SSSR count). The van der Waals surface area contributed by atoms with E-state index in [0.29, 0.717) is 19.1 Å². The maximum Gasteiger partial charge on any atom is 0.191 e. The second-order valence-electron chi connectivity index (χ2n) is 6.11. The van der Waals surface area contributed by atoms with Gasteiger partial charge in [0, 0.05) is 24.7 Å². The zero-order valence-electron chi connectivity index (χ0n) is 17.4. The predicted molar refractivity (Wildman–Crippen MR) is 129 cm³/mol. The number of hydrogen-bond acceptors (Lipinski definition) is 4. The third kappa shape index (κ3) is 7.16. The molecule has 0 amide bonds. The molecule has 2 aromatic rings. The fraction of sp³-hybridized carbons (Fsp3) is 0.318. The van der Waals surface area contributed by atoms with Crippen LogP contribution in [-0.4, -0.2) is 33.8 Å². The monoisotopic (exact) mass is 511 g/mol. The van der Waals surface area contributed by atoms with E-state index in [0.717, 1.165) is 28.4 Å². The van der Waals surface area contributed by atoms with Crippen molar-refractivity contribution in [3.05, 3.63) is 66.2 Å². The summed E-state index contributed by atoms with van der Waals surface area (Å²) in [7, 11) is 5.05. The fourth-order valence-electron chi connectivity index (χ4n) is 2.77. The van der Waals surface area contributed by atoms with Crippen molar-refractivity contribution in [3.8, 4) is 17.2 Å². The molecular weight excluding hydrogens is 481 g/mol. The van der Waals surface area contributed by atoms with Crippen LogP contribution in [0.1, 0.15) is 24.1 Å². The summed E-state index contributed by atoms with van der Waals surface area (Å²) in [4.78, 5) is 4.32. The van der Waals surface area contributed by atoms with Crippen molar-refractivity contribution in [2.45, 2.75) is 19.5 Å². The van der Waals surface area contributed by atoms with Crippen LogP contribution in [-0.2, 0) is 6.54 Å².